The third-order valence-electron chi connectivity index (χ3n) is 1.81. The summed E-state index contributed by atoms with van der Waals surface area (Å²) >= 11 is 5.93. The van der Waals surface area contributed by atoms with Crippen molar-refractivity contribution in [3.05, 3.63) is 28.8 Å². The number of aliphatic carboxylic acids is 1. The molecule has 0 saturated carbocycles. The average Bonchev–Trinajstić information content (AvgIpc) is 2.15. The molecule has 1 aromatic carbocycles. The Labute approximate surface area is 93.6 Å². The van der Waals surface area contributed by atoms with Crippen LogP contribution in [0.3, 0.4) is 0 Å². The van der Waals surface area contributed by atoms with Gasteiger partial charge in [-0.15, -0.1) is 0 Å². The molecule has 0 aliphatic rings. The van der Waals surface area contributed by atoms with E-state index in [9.17, 15) is 4.79 Å². The first-order chi connectivity index (χ1) is 7.13. The molecular formula is C11H13ClO3. The molecule has 0 atom stereocenters. The maximum absolute atomic E-state index is 10.5. The van der Waals surface area contributed by atoms with E-state index in [1.54, 1.807) is 18.2 Å². The van der Waals surface area contributed by atoms with E-state index >= 15 is 0 Å². The summed E-state index contributed by atoms with van der Waals surface area (Å²) in [6.07, 6.45) is 0.890. The van der Waals surface area contributed by atoms with E-state index in [-0.39, 0.29) is 6.42 Å². The van der Waals surface area contributed by atoms with Gasteiger partial charge in [-0.05, 0) is 24.1 Å². The standard InChI is InChI=1S/C11H13ClO3/c1-2-5-15-10-4-3-8(6-9(10)12)7-11(13)14/h3-4,6H,2,5,7H2,1H3,(H,13,14). The highest BCUT2D eigenvalue weighted by Crippen LogP contribution is 2.25. The van der Waals surface area contributed by atoms with E-state index in [2.05, 4.69) is 0 Å². The maximum atomic E-state index is 10.5. The summed E-state index contributed by atoms with van der Waals surface area (Å²) in [6.45, 7) is 2.62. The molecule has 0 bridgehead atoms. The number of hydrogen-bond donors (Lipinski definition) is 1. The van der Waals surface area contributed by atoms with Crippen molar-refractivity contribution in [2.24, 2.45) is 0 Å². The van der Waals surface area contributed by atoms with Gasteiger partial charge in [0.15, 0.2) is 0 Å². The molecule has 0 fully saturated rings. The molecule has 0 aromatic heterocycles. The summed E-state index contributed by atoms with van der Waals surface area (Å²) in [5.74, 6) is -0.263. The summed E-state index contributed by atoms with van der Waals surface area (Å²) in [4.78, 5) is 10.5. The van der Waals surface area contributed by atoms with Crippen LogP contribution < -0.4 is 4.74 Å². The topological polar surface area (TPSA) is 46.5 Å². The molecule has 4 heteroatoms. The van der Waals surface area contributed by atoms with E-state index in [0.717, 1.165) is 6.42 Å². The minimum absolute atomic E-state index is 0.0201. The third kappa shape index (κ3) is 3.80. The van der Waals surface area contributed by atoms with E-state index in [4.69, 9.17) is 21.4 Å². The molecule has 0 amide bonds. The number of halogens is 1. The largest absolute Gasteiger partial charge is 0.492 e. The van der Waals surface area contributed by atoms with Crippen LogP contribution in [0.1, 0.15) is 18.9 Å². The van der Waals surface area contributed by atoms with Crippen LogP contribution in [-0.4, -0.2) is 17.7 Å². The molecule has 15 heavy (non-hydrogen) atoms. The van der Waals surface area contributed by atoms with Gasteiger partial charge >= 0.3 is 5.97 Å². The van der Waals surface area contributed by atoms with Crippen LogP contribution in [0.5, 0.6) is 5.75 Å². The second kappa shape index (κ2) is 5.61. The van der Waals surface area contributed by atoms with E-state index in [1.165, 1.54) is 0 Å². The van der Waals surface area contributed by atoms with Crippen molar-refractivity contribution in [1.29, 1.82) is 0 Å². The summed E-state index contributed by atoms with van der Waals surface area (Å²) in [7, 11) is 0. The van der Waals surface area contributed by atoms with Crippen molar-refractivity contribution < 1.29 is 14.6 Å². The Kier molecular flexibility index (Phi) is 4.43. The minimum atomic E-state index is -0.867. The molecular weight excluding hydrogens is 216 g/mol. The quantitative estimate of drug-likeness (QED) is 0.843. The van der Waals surface area contributed by atoms with E-state index in [0.29, 0.717) is 22.9 Å². The van der Waals surface area contributed by atoms with Crippen LogP contribution in [0.4, 0.5) is 0 Å². The van der Waals surface area contributed by atoms with Gasteiger partial charge < -0.3 is 9.84 Å². The number of ether oxygens (including phenoxy) is 1. The smallest absolute Gasteiger partial charge is 0.307 e. The zero-order chi connectivity index (χ0) is 11.3. The highest BCUT2D eigenvalue weighted by atomic mass is 35.5. The van der Waals surface area contributed by atoms with Crippen molar-refractivity contribution in [1.82, 2.24) is 0 Å². The zero-order valence-electron chi connectivity index (χ0n) is 8.50. The number of rotatable bonds is 5. The molecule has 0 spiro atoms. The molecule has 0 unspecified atom stereocenters. The van der Waals surface area contributed by atoms with Crippen molar-refractivity contribution in [2.45, 2.75) is 19.8 Å². The van der Waals surface area contributed by atoms with Gasteiger partial charge in [0, 0.05) is 0 Å². The predicted octanol–water partition coefficient (Wildman–Crippen LogP) is 2.76. The molecule has 1 rings (SSSR count). The van der Waals surface area contributed by atoms with Gasteiger partial charge in [-0.25, -0.2) is 0 Å². The van der Waals surface area contributed by atoms with Gasteiger partial charge in [-0.1, -0.05) is 24.6 Å². The Morgan fingerprint density at radius 1 is 1.53 bits per heavy atom. The fourth-order valence-corrected chi connectivity index (χ4v) is 1.42. The van der Waals surface area contributed by atoms with E-state index in [1.807, 2.05) is 6.92 Å². The summed E-state index contributed by atoms with van der Waals surface area (Å²) < 4.78 is 5.37. The van der Waals surface area contributed by atoms with Gasteiger partial charge in [0.2, 0.25) is 0 Å². The number of hydrogen-bond acceptors (Lipinski definition) is 2. The summed E-state index contributed by atoms with van der Waals surface area (Å²) in [6, 6.07) is 5.04. The van der Waals surface area contributed by atoms with E-state index < -0.39 is 5.97 Å². The van der Waals surface area contributed by atoms with Crippen molar-refractivity contribution >= 4 is 17.6 Å². The Hall–Kier alpha value is -1.22. The molecule has 1 aromatic rings. The highest BCUT2D eigenvalue weighted by Gasteiger charge is 2.05. The molecule has 0 radical (unpaired) electrons. The van der Waals surface area contributed by atoms with Gasteiger partial charge in [0.05, 0.1) is 18.1 Å². The molecule has 0 saturated heterocycles. The Bertz CT molecular complexity index is 350. The Morgan fingerprint density at radius 3 is 2.80 bits per heavy atom. The van der Waals surface area contributed by atoms with Crippen LogP contribution in [0.15, 0.2) is 18.2 Å². The lowest BCUT2D eigenvalue weighted by Crippen LogP contribution is -2.01. The van der Waals surface area contributed by atoms with Gasteiger partial charge in [-0.3, -0.25) is 4.79 Å². The Morgan fingerprint density at radius 2 is 2.27 bits per heavy atom. The van der Waals surface area contributed by atoms with Crippen LogP contribution in [0.2, 0.25) is 5.02 Å². The first-order valence-electron chi connectivity index (χ1n) is 4.76. The van der Waals surface area contributed by atoms with Crippen LogP contribution in [0.25, 0.3) is 0 Å². The number of carbonyl (C=O) groups is 1. The third-order valence-corrected chi connectivity index (χ3v) is 2.11. The molecule has 0 heterocycles. The van der Waals surface area contributed by atoms with Crippen molar-refractivity contribution in [2.75, 3.05) is 6.61 Å². The second-order valence-corrected chi connectivity index (χ2v) is 3.59. The fraction of sp³-hybridized carbons (Fsp3) is 0.364. The van der Waals surface area contributed by atoms with Crippen molar-refractivity contribution in [3.8, 4) is 5.75 Å². The van der Waals surface area contributed by atoms with Crippen molar-refractivity contribution in [3.63, 3.8) is 0 Å². The van der Waals surface area contributed by atoms with Crippen LogP contribution in [0, 0.1) is 0 Å². The Balaban J connectivity index is 2.74. The first kappa shape index (κ1) is 11.9. The number of benzene rings is 1. The maximum Gasteiger partial charge on any atom is 0.307 e. The molecule has 3 nitrogen and oxygen atoms in total. The monoisotopic (exact) mass is 228 g/mol. The summed E-state index contributed by atoms with van der Waals surface area (Å²) in [5.41, 5.74) is 0.677. The zero-order valence-corrected chi connectivity index (χ0v) is 9.25. The number of carboxylic acids is 1. The number of carboxylic acid groups (broad SMARTS) is 1. The van der Waals surface area contributed by atoms with Gasteiger partial charge in [0.25, 0.3) is 0 Å². The molecule has 1 N–H and O–H groups in total. The molecule has 0 aliphatic carbocycles. The molecule has 82 valence electrons. The highest BCUT2D eigenvalue weighted by molar-refractivity contribution is 6.32. The SMILES string of the molecule is CCCOc1ccc(CC(=O)O)cc1Cl. The predicted molar refractivity (Wildman–Crippen MR) is 58.6 cm³/mol. The average molecular weight is 229 g/mol. The normalized spacial score (nSPS) is 10.0. The lowest BCUT2D eigenvalue weighted by Gasteiger charge is -2.07. The molecule has 0 aliphatic heterocycles. The second-order valence-electron chi connectivity index (χ2n) is 3.18. The van der Waals surface area contributed by atoms with Crippen LogP contribution in [-0.2, 0) is 11.2 Å². The lowest BCUT2D eigenvalue weighted by atomic mass is 10.1. The lowest BCUT2D eigenvalue weighted by molar-refractivity contribution is -0.136. The van der Waals surface area contributed by atoms with Crippen LogP contribution >= 0.6 is 11.6 Å². The van der Waals surface area contributed by atoms with Gasteiger partial charge in [0.1, 0.15) is 5.75 Å². The first-order valence-corrected chi connectivity index (χ1v) is 5.14. The minimum Gasteiger partial charge on any atom is -0.492 e. The summed E-state index contributed by atoms with van der Waals surface area (Å²) in [5, 5.41) is 9.05. The van der Waals surface area contributed by atoms with Gasteiger partial charge in [-0.2, -0.15) is 0 Å². The fourth-order valence-electron chi connectivity index (χ4n) is 1.16.